The standard InChI is InChI=1S/C25H41IN2O4Si2/c1-25(2)19-15-21(32-17-31-11-13-34(7,8)9)20(29-3)14-18(19)23-22(25)24(26)27-28(23)16-30-10-12-33(4,5)6/h14-15H,10-13,16-17H2,1-9H3. The molecule has 0 fully saturated rings. The zero-order chi connectivity index (χ0) is 25.3. The highest BCUT2D eigenvalue weighted by Gasteiger charge is 2.42. The van der Waals surface area contributed by atoms with E-state index in [4.69, 9.17) is 24.0 Å². The first kappa shape index (κ1) is 27.7. The summed E-state index contributed by atoms with van der Waals surface area (Å²) in [7, 11) is -0.569. The molecule has 190 valence electrons. The minimum absolute atomic E-state index is 0.194. The molecule has 0 N–H and O–H groups in total. The highest BCUT2D eigenvalue weighted by atomic mass is 127. The van der Waals surface area contributed by atoms with Gasteiger partial charge in [-0.3, -0.25) is 0 Å². The molecule has 1 heterocycles. The van der Waals surface area contributed by atoms with Crippen molar-refractivity contribution in [1.82, 2.24) is 9.78 Å². The van der Waals surface area contributed by atoms with E-state index in [2.05, 4.69) is 87.9 Å². The SMILES string of the molecule is COc1cc2c(cc1OCOCC[Si](C)(C)C)C(C)(C)c1c(I)nn(COCC[Si](C)(C)C)c1-2. The largest absolute Gasteiger partial charge is 0.493 e. The summed E-state index contributed by atoms with van der Waals surface area (Å²) in [5.41, 5.74) is 4.51. The first-order valence-electron chi connectivity index (χ1n) is 12.0. The normalized spacial score (nSPS) is 14.8. The van der Waals surface area contributed by atoms with Crippen LogP contribution < -0.4 is 9.47 Å². The zero-order valence-corrected chi connectivity index (χ0v) is 26.5. The predicted molar refractivity (Wildman–Crippen MR) is 153 cm³/mol. The average molecular weight is 617 g/mol. The lowest BCUT2D eigenvalue weighted by Crippen LogP contribution is -2.22. The third-order valence-corrected chi connectivity index (χ3v) is 10.4. The molecule has 6 nitrogen and oxygen atoms in total. The number of halogens is 1. The molecule has 1 aromatic carbocycles. The Hall–Kier alpha value is -0.886. The number of fused-ring (bicyclic) bond motifs is 3. The van der Waals surface area contributed by atoms with E-state index < -0.39 is 16.1 Å². The van der Waals surface area contributed by atoms with Crippen LogP contribution in [0, 0.1) is 3.70 Å². The van der Waals surface area contributed by atoms with Gasteiger partial charge in [0.1, 0.15) is 10.4 Å². The van der Waals surface area contributed by atoms with Gasteiger partial charge in [-0.05, 0) is 52.4 Å². The van der Waals surface area contributed by atoms with Crippen LogP contribution in [-0.4, -0.2) is 53.0 Å². The molecular weight excluding hydrogens is 575 g/mol. The second kappa shape index (κ2) is 10.6. The van der Waals surface area contributed by atoms with Crippen molar-refractivity contribution in [3.63, 3.8) is 0 Å². The number of nitrogens with zero attached hydrogens (tertiary/aromatic N) is 2. The van der Waals surface area contributed by atoms with E-state index in [0.29, 0.717) is 18.2 Å². The lowest BCUT2D eigenvalue weighted by molar-refractivity contribution is 0.0205. The van der Waals surface area contributed by atoms with Gasteiger partial charge in [-0.25, -0.2) is 4.68 Å². The Kier molecular flexibility index (Phi) is 8.65. The number of methoxy groups -OCH3 is 1. The van der Waals surface area contributed by atoms with Crippen LogP contribution in [0.5, 0.6) is 11.5 Å². The molecule has 3 rings (SSSR count). The van der Waals surface area contributed by atoms with Crippen molar-refractivity contribution in [3.05, 3.63) is 27.0 Å². The van der Waals surface area contributed by atoms with Crippen molar-refractivity contribution >= 4 is 38.7 Å². The maximum atomic E-state index is 6.06. The van der Waals surface area contributed by atoms with Gasteiger partial charge in [0.15, 0.2) is 18.3 Å². The second-order valence-corrected chi connectivity index (χ2v) is 24.3. The molecule has 1 aliphatic carbocycles. The number of rotatable bonds is 12. The van der Waals surface area contributed by atoms with Gasteiger partial charge in [0, 0.05) is 45.9 Å². The van der Waals surface area contributed by atoms with Crippen LogP contribution >= 0.6 is 22.6 Å². The van der Waals surface area contributed by atoms with Gasteiger partial charge in [0.05, 0.1) is 12.8 Å². The maximum absolute atomic E-state index is 6.06. The third-order valence-electron chi connectivity index (χ3n) is 6.27. The van der Waals surface area contributed by atoms with Crippen LogP contribution in [-0.2, 0) is 21.6 Å². The van der Waals surface area contributed by atoms with Gasteiger partial charge in [0.25, 0.3) is 0 Å². The van der Waals surface area contributed by atoms with E-state index >= 15 is 0 Å². The van der Waals surface area contributed by atoms with Crippen molar-refractivity contribution in [2.45, 2.75) is 77.4 Å². The second-order valence-electron chi connectivity index (χ2n) is 12.0. The molecule has 0 atom stereocenters. The van der Waals surface area contributed by atoms with Crippen molar-refractivity contribution in [1.29, 1.82) is 0 Å². The van der Waals surface area contributed by atoms with E-state index in [1.165, 1.54) is 11.1 Å². The molecule has 0 radical (unpaired) electrons. The van der Waals surface area contributed by atoms with E-state index in [9.17, 15) is 0 Å². The summed E-state index contributed by atoms with van der Waals surface area (Å²) >= 11 is 2.35. The number of ether oxygens (including phenoxy) is 4. The van der Waals surface area contributed by atoms with Gasteiger partial charge in [-0.1, -0.05) is 53.1 Å². The Morgan fingerprint density at radius 3 is 2.15 bits per heavy atom. The van der Waals surface area contributed by atoms with Gasteiger partial charge >= 0.3 is 0 Å². The monoisotopic (exact) mass is 616 g/mol. The topological polar surface area (TPSA) is 54.7 Å². The van der Waals surface area contributed by atoms with Crippen molar-refractivity contribution in [2.24, 2.45) is 0 Å². The average Bonchev–Trinajstić information content (AvgIpc) is 3.16. The molecule has 1 aliphatic rings. The molecule has 0 amide bonds. The lowest BCUT2D eigenvalue weighted by atomic mass is 9.83. The smallest absolute Gasteiger partial charge is 0.189 e. The Balaban J connectivity index is 1.82. The van der Waals surface area contributed by atoms with Gasteiger partial charge in [-0.2, -0.15) is 5.10 Å². The molecule has 9 heteroatoms. The maximum Gasteiger partial charge on any atom is 0.189 e. The highest BCUT2D eigenvalue weighted by Crippen LogP contribution is 2.53. The summed E-state index contributed by atoms with van der Waals surface area (Å²) in [6.45, 7) is 20.8. The molecule has 0 bridgehead atoms. The van der Waals surface area contributed by atoms with Gasteiger partial charge in [0.2, 0.25) is 0 Å². The van der Waals surface area contributed by atoms with Crippen LogP contribution in [0.3, 0.4) is 0 Å². The minimum atomic E-state index is -1.13. The van der Waals surface area contributed by atoms with E-state index in [1.807, 2.05) is 4.68 Å². The summed E-state index contributed by atoms with van der Waals surface area (Å²) in [6.07, 6.45) is 0. The van der Waals surface area contributed by atoms with Crippen LogP contribution in [0.2, 0.25) is 51.4 Å². The van der Waals surface area contributed by atoms with E-state index in [1.54, 1.807) is 7.11 Å². The Bertz CT molecular complexity index is 1010. The number of hydrogen-bond donors (Lipinski definition) is 0. The summed E-state index contributed by atoms with van der Waals surface area (Å²) in [5, 5.41) is 4.83. The highest BCUT2D eigenvalue weighted by molar-refractivity contribution is 14.1. The number of benzene rings is 1. The molecule has 0 aliphatic heterocycles. The fraction of sp³-hybridized carbons (Fsp3) is 0.640. The summed E-state index contributed by atoms with van der Waals surface area (Å²) in [6, 6.07) is 6.46. The van der Waals surface area contributed by atoms with Gasteiger partial charge < -0.3 is 18.9 Å². The first-order valence-corrected chi connectivity index (χ1v) is 20.5. The molecule has 0 unspecified atom stereocenters. The molecular formula is C25H41IN2O4Si2. The van der Waals surface area contributed by atoms with Crippen LogP contribution in [0.1, 0.15) is 25.0 Å². The Morgan fingerprint density at radius 1 is 0.941 bits per heavy atom. The predicted octanol–water partition coefficient (Wildman–Crippen LogP) is 6.81. The third kappa shape index (κ3) is 6.46. The fourth-order valence-electron chi connectivity index (χ4n) is 4.11. The van der Waals surface area contributed by atoms with E-state index in [0.717, 1.165) is 40.3 Å². The molecule has 1 aromatic heterocycles. The zero-order valence-electron chi connectivity index (χ0n) is 22.3. The number of aromatic nitrogens is 2. The molecule has 0 saturated carbocycles. The minimum Gasteiger partial charge on any atom is -0.493 e. The van der Waals surface area contributed by atoms with Crippen molar-refractivity contribution in [3.8, 4) is 22.8 Å². The molecule has 34 heavy (non-hydrogen) atoms. The lowest BCUT2D eigenvalue weighted by Gasteiger charge is -2.22. The molecule has 0 spiro atoms. The van der Waals surface area contributed by atoms with E-state index in [-0.39, 0.29) is 12.2 Å². The van der Waals surface area contributed by atoms with Crippen LogP contribution in [0.25, 0.3) is 11.3 Å². The molecule has 2 aromatic rings. The fourth-order valence-corrected chi connectivity index (χ4v) is 6.81. The Morgan fingerprint density at radius 2 is 1.56 bits per heavy atom. The van der Waals surface area contributed by atoms with Crippen LogP contribution in [0.15, 0.2) is 12.1 Å². The Labute approximate surface area is 220 Å². The quantitative estimate of drug-likeness (QED) is 0.114. The molecule has 0 saturated heterocycles. The van der Waals surface area contributed by atoms with Crippen molar-refractivity contribution < 1.29 is 18.9 Å². The van der Waals surface area contributed by atoms with Crippen molar-refractivity contribution in [2.75, 3.05) is 27.1 Å². The first-order chi connectivity index (χ1) is 15.7. The summed E-state index contributed by atoms with van der Waals surface area (Å²) < 4.78 is 26.6. The summed E-state index contributed by atoms with van der Waals surface area (Å²) in [4.78, 5) is 0. The summed E-state index contributed by atoms with van der Waals surface area (Å²) in [5.74, 6) is 1.42. The van der Waals surface area contributed by atoms with Gasteiger partial charge in [-0.15, -0.1) is 0 Å². The van der Waals surface area contributed by atoms with Crippen LogP contribution in [0.4, 0.5) is 0 Å². The number of hydrogen-bond acceptors (Lipinski definition) is 5.